The van der Waals surface area contributed by atoms with Gasteiger partial charge in [0.15, 0.2) is 6.61 Å². The van der Waals surface area contributed by atoms with Gasteiger partial charge in [-0.3, -0.25) is 4.79 Å². The maximum Gasteiger partial charge on any atom is 0.262 e. The normalized spacial score (nSPS) is 21.3. The summed E-state index contributed by atoms with van der Waals surface area (Å²) in [6.45, 7) is 2.60. The predicted octanol–water partition coefficient (Wildman–Crippen LogP) is 2.77. The minimum atomic E-state index is -0.299. The van der Waals surface area contributed by atoms with Crippen molar-refractivity contribution >= 4 is 11.6 Å². The second-order valence-corrected chi connectivity index (χ2v) is 6.03. The van der Waals surface area contributed by atoms with Gasteiger partial charge in [-0.15, -0.1) is 0 Å². The zero-order valence-corrected chi connectivity index (χ0v) is 13.1. The molecule has 0 bridgehead atoms. The Balaban J connectivity index is 1.50. The van der Waals surface area contributed by atoms with Gasteiger partial charge in [-0.1, -0.05) is 12.1 Å². The minimum Gasteiger partial charge on any atom is -0.488 e. The van der Waals surface area contributed by atoms with Gasteiger partial charge in [-0.2, -0.15) is 0 Å². The average Bonchev–Trinajstić information content (AvgIpc) is 2.86. The molecular formula is C18H17FN2O3. The first kappa shape index (κ1) is 15.0. The summed E-state index contributed by atoms with van der Waals surface area (Å²) < 4.78 is 24.4. The van der Waals surface area contributed by atoms with E-state index in [1.54, 1.807) is 6.07 Å². The molecule has 1 amide bonds. The molecule has 2 aromatic carbocycles. The molecule has 2 atom stereocenters. The highest BCUT2D eigenvalue weighted by Gasteiger charge is 2.31. The molecule has 0 aliphatic carbocycles. The summed E-state index contributed by atoms with van der Waals surface area (Å²) in [6, 6.07) is 10.3. The molecule has 24 heavy (non-hydrogen) atoms. The van der Waals surface area contributed by atoms with Crippen molar-refractivity contribution in [3.8, 4) is 11.5 Å². The van der Waals surface area contributed by atoms with Crippen molar-refractivity contribution in [3.63, 3.8) is 0 Å². The van der Waals surface area contributed by atoms with Gasteiger partial charge in [0, 0.05) is 18.2 Å². The molecular weight excluding hydrogens is 311 g/mol. The molecule has 2 aliphatic heterocycles. The van der Waals surface area contributed by atoms with Crippen molar-refractivity contribution in [1.82, 2.24) is 5.32 Å². The number of ether oxygens (including phenoxy) is 2. The smallest absolute Gasteiger partial charge is 0.262 e. The number of anilines is 1. The van der Waals surface area contributed by atoms with Gasteiger partial charge in [0.2, 0.25) is 0 Å². The summed E-state index contributed by atoms with van der Waals surface area (Å²) in [7, 11) is 0. The lowest BCUT2D eigenvalue weighted by Gasteiger charge is -2.20. The fraction of sp³-hybridized carbons (Fsp3) is 0.278. The number of benzene rings is 2. The maximum absolute atomic E-state index is 13.3. The van der Waals surface area contributed by atoms with Crippen molar-refractivity contribution in [2.45, 2.75) is 25.6 Å². The number of fused-ring (bicyclic) bond motifs is 2. The third kappa shape index (κ3) is 2.69. The van der Waals surface area contributed by atoms with Crippen LogP contribution < -0.4 is 20.1 Å². The van der Waals surface area contributed by atoms with E-state index in [1.165, 1.54) is 12.1 Å². The molecule has 2 aromatic rings. The lowest BCUT2D eigenvalue weighted by molar-refractivity contribution is -0.118. The van der Waals surface area contributed by atoms with Crippen LogP contribution in [0.25, 0.3) is 0 Å². The molecule has 2 N–H and O–H groups in total. The number of nitrogens with one attached hydrogen (secondary N) is 2. The van der Waals surface area contributed by atoms with Crippen molar-refractivity contribution in [1.29, 1.82) is 0 Å². The van der Waals surface area contributed by atoms with E-state index in [4.69, 9.17) is 9.47 Å². The average molecular weight is 328 g/mol. The molecule has 0 saturated carbocycles. The highest BCUT2D eigenvalue weighted by atomic mass is 19.1. The van der Waals surface area contributed by atoms with Crippen LogP contribution in [0.2, 0.25) is 0 Å². The van der Waals surface area contributed by atoms with Crippen LogP contribution in [0.5, 0.6) is 11.5 Å². The summed E-state index contributed by atoms with van der Waals surface area (Å²) in [4.78, 5) is 11.4. The molecule has 5 nitrogen and oxygen atoms in total. The van der Waals surface area contributed by atoms with Crippen molar-refractivity contribution < 1.29 is 18.7 Å². The Bertz CT molecular complexity index is 809. The van der Waals surface area contributed by atoms with Crippen LogP contribution in [0.15, 0.2) is 36.4 Å². The molecule has 0 spiro atoms. The maximum atomic E-state index is 13.3. The van der Waals surface area contributed by atoms with Gasteiger partial charge in [-0.05, 0) is 30.7 Å². The topological polar surface area (TPSA) is 59.6 Å². The second kappa shape index (κ2) is 5.79. The first-order valence-corrected chi connectivity index (χ1v) is 7.85. The summed E-state index contributed by atoms with van der Waals surface area (Å²) in [5.41, 5.74) is 2.66. The van der Waals surface area contributed by atoms with Gasteiger partial charge >= 0.3 is 0 Å². The summed E-state index contributed by atoms with van der Waals surface area (Å²) >= 11 is 0. The molecule has 0 radical (unpaired) electrons. The highest BCUT2D eigenvalue weighted by Crippen LogP contribution is 2.37. The Labute approximate surface area is 138 Å². The molecule has 0 aromatic heterocycles. The highest BCUT2D eigenvalue weighted by molar-refractivity contribution is 5.95. The zero-order chi connectivity index (χ0) is 16.7. The minimum absolute atomic E-state index is 0.0116. The second-order valence-electron chi connectivity index (χ2n) is 6.03. The first-order valence-electron chi connectivity index (χ1n) is 7.85. The Morgan fingerprint density at radius 2 is 2.12 bits per heavy atom. The lowest BCUT2D eigenvalue weighted by atomic mass is 10.0. The fourth-order valence-corrected chi connectivity index (χ4v) is 3.13. The van der Waals surface area contributed by atoms with Gasteiger partial charge in [-0.25, -0.2) is 4.39 Å². The Morgan fingerprint density at radius 3 is 3.00 bits per heavy atom. The van der Waals surface area contributed by atoms with E-state index in [0.717, 1.165) is 11.1 Å². The lowest BCUT2D eigenvalue weighted by Crippen LogP contribution is -2.29. The fourth-order valence-electron chi connectivity index (χ4n) is 3.13. The van der Waals surface area contributed by atoms with Crippen LogP contribution in [0, 0.1) is 5.82 Å². The molecule has 6 heteroatoms. The van der Waals surface area contributed by atoms with E-state index in [1.807, 2.05) is 25.1 Å². The van der Waals surface area contributed by atoms with Crippen LogP contribution in [0.4, 0.5) is 10.1 Å². The Hall–Kier alpha value is -2.60. The molecule has 0 saturated heterocycles. The standard InChI is InChI=1S/C18H17FN2O3/c1-10-18(13-4-3-12(19)7-16(13)24-10)20-8-11-2-5-15-14(6-11)21-17(22)9-23-15/h2-7,10,18,20H,8-9H2,1H3,(H,21,22). The van der Waals surface area contributed by atoms with Crippen molar-refractivity contribution in [2.75, 3.05) is 11.9 Å². The third-order valence-corrected chi connectivity index (χ3v) is 4.30. The van der Waals surface area contributed by atoms with Gasteiger partial charge in [0.1, 0.15) is 23.4 Å². The van der Waals surface area contributed by atoms with E-state index in [9.17, 15) is 9.18 Å². The predicted molar refractivity (Wildman–Crippen MR) is 86.6 cm³/mol. The molecule has 2 unspecified atom stereocenters. The van der Waals surface area contributed by atoms with Crippen LogP contribution >= 0.6 is 0 Å². The molecule has 2 aliphatic rings. The third-order valence-electron chi connectivity index (χ3n) is 4.30. The first-order chi connectivity index (χ1) is 11.6. The summed E-state index contributed by atoms with van der Waals surface area (Å²) in [6.07, 6.45) is -0.0811. The zero-order valence-electron chi connectivity index (χ0n) is 13.1. The quantitative estimate of drug-likeness (QED) is 0.910. The number of hydrogen-bond donors (Lipinski definition) is 2. The van der Waals surface area contributed by atoms with Crippen LogP contribution in [0.3, 0.4) is 0 Å². The number of rotatable bonds is 3. The van der Waals surface area contributed by atoms with Crippen LogP contribution in [0.1, 0.15) is 24.1 Å². The van der Waals surface area contributed by atoms with E-state index in [-0.39, 0.29) is 30.5 Å². The van der Waals surface area contributed by atoms with Crippen LogP contribution in [-0.4, -0.2) is 18.6 Å². The number of hydrogen-bond acceptors (Lipinski definition) is 4. The SMILES string of the molecule is CC1Oc2cc(F)ccc2C1NCc1ccc2c(c1)NC(=O)CO2. The number of carbonyl (C=O) groups is 1. The Morgan fingerprint density at radius 1 is 1.25 bits per heavy atom. The molecule has 4 rings (SSSR count). The molecule has 0 fully saturated rings. The Kier molecular flexibility index (Phi) is 3.61. The van der Waals surface area contributed by atoms with Gasteiger partial charge in [0.05, 0.1) is 11.7 Å². The van der Waals surface area contributed by atoms with E-state index in [2.05, 4.69) is 10.6 Å². The van der Waals surface area contributed by atoms with Crippen molar-refractivity contribution in [3.05, 3.63) is 53.3 Å². The van der Waals surface area contributed by atoms with Gasteiger partial charge < -0.3 is 20.1 Å². The number of carbonyl (C=O) groups excluding carboxylic acids is 1. The van der Waals surface area contributed by atoms with E-state index in [0.29, 0.717) is 23.7 Å². The van der Waals surface area contributed by atoms with Gasteiger partial charge in [0.25, 0.3) is 5.91 Å². The summed E-state index contributed by atoms with van der Waals surface area (Å²) in [5, 5.41) is 6.24. The van der Waals surface area contributed by atoms with Crippen LogP contribution in [-0.2, 0) is 11.3 Å². The number of halogens is 1. The van der Waals surface area contributed by atoms with E-state index >= 15 is 0 Å². The van der Waals surface area contributed by atoms with Crippen molar-refractivity contribution in [2.24, 2.45) is 0 Å². The monoisotopic (exact) mass is 328 g/mol. The summed E-state index contributed by atoms with van der Waals surface area (Å²) in [5.74, 6) is 0.816. The van der Waals surface area contributed by atoms with E-state index < -0.39 is 0 Å². The molecule has 124 valence electrons. The number of amides is 1. The molecule has 2 heterocycles. The largest absolute Gasteiger partial charge is 0.488 e.